The van der Waals surface area contributed by atoms with E-state index in [-0.39, 0.29) is 29.4 Å². The number of rotatable bonds is 9. The Morgan fingerprint density at radius 2 is 1.56 bits per heavy atom. The molecule has 0 saturated heterocycles. The fourth-order valence-corrected chi connectivity index (χ4v) is 2.32. The van der Waals surface area contributed by atoms with Gasteiger partial charge in [-0.25, -0.2) is 0 Å². The van der Waals surface area contributed by atoms with E-state index in [0.717, 1.165) is 0 Å². The van der Waals surface area contributed by atoms with E-state index >= 15 is 0 Å². The average molecular weight is 467 g/mol. The predicted molar refractivity (Wildman–Crippen MR) is 110 cm³/mol. The molecular formula is C18H34IN3O3. The number of Topliss-reactive ketones (excluding diaryl/α,β-unsaturated/α-hetero) is 1. The number of nitrogens with zero attached hydrogens (tertiary/aromatic N) is 2. The van der Waals surface area contributed by atoms with Crippen LogP contribution in [-0.2, 0) is 14.4 Å². The maximum absolute atomic E-state index is 12.6. The lowest BCUT2D eigenvalue weighted by Gasteiger charge is -2.31. The van der Waals surface area contributed by atoms with Crippen LogP contribution in [0.3, 0.4) is 0 Å². The molecule has 1 N–H and O–H groups in total. The van der Waals surface area contributed by atoms with E-state index in [1.807, 2.05) is 53.6 Å². The van der Waals surface area contributed by atoms with Crippen molar-refractivity contribution in [2.75, 3.05) is 34.2 Å². The molecule has 0 fully saturated rings. The lowest BCUT2D eigenvalue weighted by Crippen LogP contribution is -2.51. The second kappa shape index (κ2) is 9.85. The van der Waals surface area contributed by atoms with Crippen molar-refractivity contribution in [3.8, 4) is 0 Å². The molecule has 7 heteroatoms. The van der Waals surface area contributed by atoms with Gasteiger partial charge in [0.05, 0.1) is 3.42 Å². The summed E-state index contributed by atoms with van der Waals surface area (Å²) in [6.45, 7) is 10.7. The van der Waals surface area contributed by atoms with Crippen LogP contribution in [0.5, 0.6) is 0 Å². The molecule has 6 nitrogen and oxygen atoms in total. The minimum absolute atomic E-state index is 0.0239. The van der Waals surface area contributed by atoms with Gasteiger partial charge in [0.1, 0.15) is 6.04 Å². The fraction of sp³-hybridized carbons (Fsp3) is 0.833. The van der Waals surface area contributed by atoms with E-state index in [4.69, 9.17) is 0 Å². The molecule has 0 aliphatic rings. The first kappa shape index (κ1) is 24.3. The normalized spacial score (nSPS) is 13.5. The first-order valence-electron chi connectivity index (χ1n) is 8.55. The van der Waals surface area contributed by atoms with Gasteiger partial charge in [-0.15, -0.1) is 0 Å². The predicted octanol–water partition coefficient (Wildman–Crippen LogP) is 2.10. The number of nitrogens with one attached hydrogen (secondary N) is 1. The van der Waals surface area contributed by atoms with Crippen molar-refractivity contribution in [1.29, 1.82) is 0 Å². The number of carbonyl (C=O) groups is 3. The lowest BCUT2D eigenvalue weighted by atomic mass is 9.91. The van der Waals surface area contributed by atoms with Gasteiger partial charge >= 0.3 is 0 Å². The zero-order chi connectivity index (χ0) is 20.0. The lowest BCUT2D eigenvalue weighted by molar-refractivity contribution is -0.142. The van der Waals surface area contributed by atoms with Crippen molar-refractivity contribution >= 4 is 40.2 Å². The third-order valence-corrected chi connectivity index (χ3v) is 4.35. The minimum atomic E-state index is -0.779. The Hall–Kier alpha value is -0.700. The summed E-state index contributed by atoms with van der Waals surface area (Å²) < 4.78 is -0.576. The van der Waals surface area contributed by atoms with E-state index in [1.165, 1.54) is 4.90 Å². The molecule has 0 aromatic rings. The monoisotopic (exact) mass is 467 g/mol. The quantitative estimate of drug-likeness (QED) is 0.417. The zero-order valence-corrected chi connectivity index (χ0v) is 19.1. The molecule has 0 spiro atoms. The molecule has 0 heterocycles. The van der Waals surface area contributed by atoms with Crippen molar-refractivity contribution < 1.29 is 14.4 Å². The Balaban J connectivity index is 5.20. The van der Waals surface area contributed by atoms with Gasteiger partial charge in [0, 0.05) is 33.0 Å². The molecule has 146 valence electrons. The maximum atomic E-state index is 12.6. The molecule has 0 aliphatic carbocycles. The Bertz CT molecular complexity index is 479. The van der Waals surface area contributed by atoms with Crippen LogP contribution in [0, 0.1) is 5.41 Å². The van der Waals surface area contributed by atoms with Crippen LogP contribution < -0.4 is 5.32 Å². The Labute approximate surface area is 166 Å². The van der Waals surface area contributed by atoms with Crippen LogP contribution in [-0.4, -0.2) is 71.1 Å². The summed E-state index contributed by atoms with van der Waals surface area (Å²) >= 11 is 2.07. The molecule has 0 aliphatic heterocycles. The molecule has 1 unspecified atom stereocenters. The summed E-state index contributed by atoms with van der Waals surface area (Å²) in [5, 5.41) is 2.84. The van der Waals surface area contributed by atoms with E-state index in [2.05, 4.69) is 27.9 Å². The number of carbonyl (C=O) groups excluding carboxylic acids is 3. The molecule has 1 atom stereocenters. The van der Waals surface area contributed by atoms with Crippen molar-refractivity contribution in [2.45, 2.75) is 56.9 Å². The Morgan fingerprint density at radius 1 is 1.04 bits per heavy atom. The zero-order valence-electron chi connectivity index (χ0n) is 16.9. The number of amides is 2. The molecule has 25 heavy (non-hydrogen) atoms. The van der Waals surface area contributed by atoms with Gasteiger partial charge in [-0.2, -0.15) is 0 Å². The first-order chi connectivity index (χ1) is 11.1. The summed E-state index contributed by atoms with van der Waals surface area (Å²) in [4.78, 5) is 41.0. The largest absolute Gasteiger partial charge is 0.353 e. The summed E-state index contributed by atoms with van der Waals surface area (Å²) in [7, 11) is 5.45. The van der Waals surface area contributed by atoms with Crippen LogP contribution in [0.25, 0.3) is 0 Å². The maximum Gasteiger partial charge on any atom is 0.243 e. The van der Waals surface area contributed by atoms with E-state index in [9.17, 15) is 14.4 Å². The number of likely N-dealkylation sites (N-methyl/N-ethyl adjacent to an activating group) is 2. The number of alkyl halides is 1. The molecule has 0 aromatic heterocycles. The highest BCUT2D eigenvalue weighted by Gasteiger charge is 2.34. The third-order valence-electron chi connectivity index (χ3n) is 3.75. The van der Waals surface area contributed by atoms with Crippen LogP contribution in [0.4, 0.5) is 0 Å². The van der Waals surface area contributed by atoms with Gasteiger partial charge in [0.2, 0.25) is 11.8 Å². The van der Waals surface area contributed by atoms with E-state index in [0.29, 0.717) is 19.5 Å². The number of hydrogen-bond donors (Lipinski definition) is 1. The summed E-state index contributed by atoms with van der Waals surface area (Å²) in [6.07, 6.45) is 0.350. The van der Waals surface area contributed by atoms with Crippen molar-refractivity contribution in [1.82, 2.24) is 15.1 Å². The summed E-state index contributed by atoms with van der Waals surface area (Å²) in [6, 6.07) is -0.779. The fourth-order valence-electron chi connectivity index (χ4n) is 2.10. The summed E-state index contributed by atoms with van der Waals surface area (Å²) in [5.74, 6) is -0.448. The molecular weight excluding hydrogens is 433 g/mol. The van der Waals surface area contributed by atoms with Crippen LogP contribution in [0.1, 0.15) is 47.5 Å². The standard InChI is InChI=1S/C18H34IN3O3/c1-17(2,3)12-15(24)22(8)13(11-14(23)18(4,5)19)16(25)20-9-10-21(6)7/h13H,9-12H2,1-8H3,(H,20,25). The van der Waals surface area contributed by atoms with Gasteiger partial charge < -0.3 is 15.1 Å². The Kier molecular flexibility index (Phi) is 9.57. The van der Waals surface area contributed by atoms with Gasteiger partial charge in [-0.1, -0.05) is 43.4 Å². The molecule has 0 aromatic carbocycles. The Morgan fingerprint density at radius 3 is 1.96 bits per heavy atom. The van der Waals surface area contributed by atoms with E-state index in [1.54, 1.807) is 7.05 Å². The first-order valence-corrected chi connectivity index (χ1v) is 9.63. The molecule has 0 bridgehead atoms. The van der Waals surface area contributed by atoms with Crippen LogP contribution >= 0.6 is 22.6 Å². The number of ketones is 1. The molecule has 0 saturated carbocycles. The van der Waals surface area contributed by atoms with Crippen molar-refractivity contribution in [2.24, 2.45) is 5.41 Å². The topological polar surface area (TPSA) is 69.7 Å². The number of hydrogen-bond acceptors (Lipinski definition) is 4. The SMILES string of the molecule is CN(C)CCNC(=O)C(CC(=O)C(C)(C)I)N(C)C(=O)CC(C)(C)C. The van der Waals surface area contributed by atoms with Crippen molar-refractivity contribution in [3.05, 3.63) is 0 Å². The molecule has 0 radical (unpaired) electrons. The minimum Gasteiger partial charge on any atom is -0.353 e. The van der Waals surface area contributed by atoms with E-state index < -0.39 is 9.46 Å². The molecule has 2 amide bonds. The third kappa shape index (κ3) is 10.1. The van der Waals surface area contributed by atoms with Crippen LogP contribution in [0.2, 0.25) is 0 Å². The summed E-state index contributed by atoms with van der Waals surface area (Å²) in [5.41, 5.74) is -0.177. The molecule has 0 rings (SSSR count). The second-order valence-corrected chi connectivity index (χ2v) is 11.1. The highest BCUT2D eigenvalue weighted by Crippen LogP contribution is 2.24. The van der Waals surface area contributed by atoms with Gasteiger partial charge in [0.25, 0.3) is 0 Å². The second-order valence-electron chi connectivity index (χ2n) is 8.45. The van der Waals surface area contributed by atoms with Gasteiger partial charge in [0.15, 0.2) is 5.78 Å². The highest BCUT2D eigenvalue weighted by atomic mass is 127. The number of halogens is 1. The van der Waals surface area contributed by atoms with Gasteiger partial charge in [-0.3, -0.25) is 14.4 Å². The smallest absolute Gasteiger partial charge is 0.243 e. The van der Waals surface area contributed by atoms with Crippen molar-refractivity contribution in [3.63, 3.8) is 0 Å². The average Bonchev–Trinajstić information content (AvgIpc) is 2.40. The van der Waals surface area contributed by atoms with Gasteiger partial charge in [-0.05, 0) is 33.4 Å². The van der Waals surface area contributed by atoms with Crippen LogP contribution in [0.15, 0.2) is 0 Å². The highest BCUT2D eigenvalue weighted by molar-refractivity contribution is 14.1.